The lowest BCUT2D eigenvalue weighted by Gasteiger charge is -2.46. The third kappa shape index (κ3) is 1.78. The molecule has 4 heteroatoms. The summed E-state index contributed by atoms with van der Waals surface area (Å²) in [5.74, 6) is -0.691. The summed E-state index contributed by atoms with van der Waals surface area (Å²) < 4.78 is 5.10. The number of ketones is 1. The maximum absolute atomic E-state index is 12.2. The van der Waals surface area contributed by atoms with Gasteiger partial charge in [-0.1, -0.05) is 6.42 Å². The van der Waals surface area contributed by atoms with Gasteiger partial charge in [-0.3, -0.25) is 14.5 Å². The van der Waals surface area contributed by atoms with Gasteiger partial charge in [0.2, 0.25) is 0 Å². The number of esters is 1. The molecule has 0 amide bonds. The number of hydrogen-bond acceptors (Lipinski definition) is 4. The normalized spacial score (nSPS) is 39.5. The second-order valence-electron chi connectivity index (χ2n) is 5.73. The number of rotatable bonds is 2. The molecular weight excluding hydrogens is 230 g/mol. The van der Waals surface area contributed by atoms with Gasteiger partial charge in [-0.25, -0.2) is 0 Å². The molecule has 4 nitrogen and oxygen atoms in total. The molecule has 4 atom stereocenters. The molecule has 3 saturated heterocycles. The Morgan fingerprint density at radius 3 is 2.83 bits per heavy atom. The Labute approximate surface area is 108 Å². The highest BCUT2D eigenvalue weighted by molar-refractivity contribution is 6.00. The number of hydrogen-bond donors (Lipinski definition) is 0. The largest absolute Gasteiger partial charge is 0.465 e. The molecular formula is C14H21NO3. The predicted molar refractivity (Wildman–Crippen MR) is 66.0 cm³/mol. The van der Waals surface area contributed by atoms with E-state index in [9.17, 15) is 9.59 Å². The van der Waals surface area contributed by atoms with Gasteiger partial charge in [0.25, 0.3) is 0 Å². The minimum absolute atomic E-state index is 0.113. The first kappa shape index (κ1) is 12.2. The lowest BCUT2D eigenvalue weighted by molar-refractivity contribution is -0.158. The van der Waals surface area contributed by atoms with Gasteiger partial charge in [-0.15, -0.1) is 0 Å². The summed E-state index contributed by atoms with van der Waals surface area (Å²) in [6, 6.07) is 1.13. The van der Waals surface area contributed by atoms with Crippen molar-refractivity contribution in [2.45, 2.75) is 63.6 Å². The molecule has 0 aromatic rings. The zero-order chi connectivity index (χ0) is 12.7. The van der Waals surface area contributed by atoms with E-state index in [-0.39, 0.29) is 17.8 Å². The lowest BCUT2D eigenvalue weighted by atomic mass is 9.81. The number of ether oxygens (including phenoxy) is 1. The Morgan fingerprint density at radius 2 is 2.06 bits per heavy atom. The minimum atomic E-state index is -0.510. The fourth-order valence-electron chi connectivity index (χ4n) is 4.17. The van der Waals surface area contributed by atoms with E-state index in [0.29, 0.717) is 25.1 Å². The second-order valence-corrected chi connectivity index (χ2v) is 5.73. The van der Waals surface area contributed by atoms with E-state index in [2.05, 4.69) is 4.90 Å². The monoisotopic (exact) mass is 251 g/mol. The van der Waals surface area contributed by atoms with E-state index in [0.717, 1.165) is 19.3 Å². The SMILES string of the molecule is CCOC(=O)[C@@H]1C(=O)C[C@H]2CCC[C@@H]3CC[C@H]1N32. The van der Waals surface area contributed by atoms with Crippen molar-refractivity contribution in [3.8, 4) is 0 Å². The van der Waals surface area contributed by atoms with Gasteiger partial charge in [0, 0.05) is 24.5 Å². The quantitative estimate of drug-likeness (QED) is 0.551. The van der Waals surface area contributed by atoms with Crippen LogP contribution in [0.5, 0.6) is 0 Å². The summed E-state index contributed by atoms with van der Waals surface area (Å²) in [6.45, 7) is 2.16. The average Bonchev–Trinajstić information content (AvgIpc) is 2.75. The van der Waals surface area contributed by atoms with Crippen LogP contribution in [-0.2, 0) is 14.3 Å². The van der Waals surface area contributed by atoms with Crippen LogP contribution < -0.4 is 0 Å². The lowest BCUT2D eigenvalue weighted by Crippen LogP contribution is -2.58. The highest BCUT2D eigenvalue weighted by atomic mass is 16.5. The van der Waals surface area contributed by atoms with Gasteiger partial charge in [-0.2, -0.15) is 0 Å². The third-order valence-corrected chi connectivity index (χ3v) is 4.81. The molecule has 0 radical (unpaired) electrons. The molecule has 18 heavy (non-hydrogen) atoms. The standard InChI is InChI=1S/C14H21NO3/c1-2-18-14(17)13-11-7-6-9-4-3-5-10(15(9)11)8-12(13)16/h9-11,13H,2-8H2,1H3/t9-,10-,11-,13+/m1/s1. The Balaban J connectivity index is 1.84. The number of carbonyl (C=O) groups is 2. The molecule has 0 aromatic carbocycles. The van der Waals surface area contributed by atoms with Gasteiger partial charge in [0.05, 0.1) is 6.61 Å². The van der Waals surface area contributed by atoms with Gasteiger partial charge in [-0.05, 0) is 32.6 Å². The topological polar surface area (TPSA) is 46.6 Å². The molecule has 100 valence electrons. The van der Waals surface area contributed by atoms with Gasteiger partial charge in [0.1, 0.15) is 11.7 Å². The van der Waals surface area contributed by atoms with Gasteiger partial charge < -0.3 is 4.74 Å². The number of Topliss-reactive ketones (excluding diaryl/α,β-unsaturated/α-hetero) is 1. The van der Waals surface area contributed by atoms with Crippen LogP contribution in [0.15, 0.2) is 0 Å². The first-order valence-electron chi connectivity index (χ1n) is 7.19. The minimum Gasteiger partial charge on any atom is -0.465 e. The van der Waals surface area contributed by atoms with Crippen LogP contribution in [0.2, 0.25) is 0 Å². The number of piperidine rings is 2. The van der Waals surface area contributed by atoms with Crippen LogP contribution in [0.25, 0.3) is 0 Å². The summed E-state index contributed by atoms with van der Waals surface area (Å²) in [5, 5.41) is 0. The average molecular weight is 251 g/mol. The summed E-state index contributed by atoms with van der Waals surface area (Å²) in [4.78, 5) is 26.7. The van der Waals surface area contributed by atoms with Crippen molar-refractivity contribution in [2.75, 3.05) is 6.61 Å². The van der Waals surface area contributed by atoms with Crippen LogP contribution in [0.1, 0.15) is 45.4 Å². The predicted octanol–water partition coefficient (Wildman–Crippen LogP) is 1.52. The summed E-state index contributed by atoms with van der Waals surface area (Å²) in [7, 11) is 0. The van der Waals surface area contributed by atoms with Crippen molar-refractivity contribution < 1.29 is 14.3 Å². The Kier molecular flexibility index (Phi) is 3.14. The van der Waals surface area contributed by atoms with Crippen LogP contribution in [0.3, 0.4) is 0 Å². The smallest absolute Gasteiger partial charge is 0.318 e. The molecule has 3 rings (SSSR count). The number of nitrogens with zero attached hydrogens (tertiary/aromatic N) is 1. The van der Waals surface area contributed by atoms with Crippen molar-refractivity contribution in [3.05, 3.63) is 0 Å². The molecule has 3 aliphatic rings. The molecule has 0 bridgehead atoms. The van der Waals surface area contributed by atoms with Gasteiger partial charge in [0.15, 0.2) is 0 Å². The summed E-state index contributed by atoms with van der Waals surface area (Å²) in [6.07, 6.45) is 6.26. The van der Waals surface area contributed by atoms with Crippen LogP contribution in [0, 0.1) is 5.92 Å². The Morgan fingerprint density at radius 1 is 1.28 bits per heavy atom. The molecule has 0 spiro atoms. The second kappa shape index (κ2) is 4.65. The zero-order valence-corrected chi connectivity index (χ0v) is 10.9. The van der Waals surface area contributed by atoms with Crippen molar-refractivity contribution >= 4 is 11.8 Å². The molecule has 0 aliphatic carbocycles. The molecule has 0 unspecified atom stereocenters. The van der Waals surface area contributed by atoms with Crippen LogP contribution in [0.4, 0.5) is 0 Å². The molecule has 0 saturated carbocycles. The maximum atomic E-state index is 12.2. The zero-order valence-electron chi connectivity index (χ0n) is 10.9. The Bertz CT molecular complexity index is 368. The molecule has 0 N–H and O–H groups in total. The van der Waals surface area contributed by atoms with Crippen molar-refractivity contribution in [2.24, 2.45) is 5.92 Å². The van der Waals surface area contributed by atoms with Crippen LogP contribution in [-0.4, -0.2) is 41.4 Å². The first-order valence-corrected chi connectivity index (χ1v) is 7.19. The fourth-order valence-corrected chi connectivity index (χ4v) is 4.17. The highest BCUT2D eigenvalue weighted by Gasteiger charge is 2.52. The number of carbonyl (C=O) groups excluding carboxylic acids is 2. The van der Waals surface area contributed by atoms with Gasteiger partial charge >= 0.3 is 5.97 Å². The summed E-state index contributed by atoms with van der Waals surface area (Å²) in [5.41, 5.74) is 0. The molecule has 3 heterocycles. The van der Waals surface area contributed by atoms with E-state index in [1.54, 1.807) is 6.92 Å². The summed E-state index contributed by atoms with van der Waals surface area (Å²) >= 11 is 0. The highest BCUT2D eigenvalue weighted by Crippen LogP contribution is 2.43. The van der Waals surface area contributed by atoms with Crippen molar-refractivity contribution in [3.63, 3.8) is 0 Å². The third-order valence-electron chi connectivity index (χ3n) is 4.81. The Hall–Kier alpha value is -0.900. The first-order chi connectivity index (χ1) is 8.72. The van der Waals surface area contributed by atoms with Crippen molar-refractivity contribution in [1.29, 1.82) is 0 Å². The van der Waals surface area contributed by atoms with E-state index in [1.807, 2.05) is 0 Å². The fraction of sp³-hybridized carbons (Fsp3) is 0.857. The van der Waals surface area contributed by atoms with E-state index < -0.39 is 5.92 Å². The van der Waals surface area contributed by atoms with Crippen LogP contribution >= 0.6 is 0 Å². The maximum Gasteiger partial charge on any atom is 0.318 e. The molecule has 3 fully saturated rings. The van der Waals surface area contributed by atoms with Crippen molar-refractivity contribution in [1.82, 2.24) is 4.90 Å². The van der Waals surface area contributed by atoms with E-state index >= 15 is 0 Å². The van der Waals surface area contributed by atoms with E-state index in [4.69, 9.17) is 4.74 Å². The molecule has 3 aliphatic heterocycles. The molecule has 0 aromatic heterocycles. The van der Waals surface area contributed by atoms with E-state index in [1.165, 1.54) is 12.8 Å².